The lowest BCUT2D eigenvalue weighted by Gasteiger charge is -2.35. The molecule has 0 spiro atoms. The van der Waals surface area contributed by atoms with Gasteiger partial charge in [0.2, 0.25) is 0 Å². The lowest BCUT2D eigenvalue weighted by atomic mass is 9.67. The minimum absolute atomic E-state index is 0.274. The van der Waals surface area contributed by atoms with Crippen molar-refractivity contribution < 1.29 is 5.21 Å². The smallest absolute Gasteiger partial charge is 0.131 e. The van der Waals surface area contributed by atoms with Gasteiger partial charge in [0.1, 0.15) is 10.3 Å². The van der Waals surface area contributed by atoms with Crippen LogP contribution < -0.4 is 0 Å². The molecule has 0 aliphatic rings. The molecular weight excluding hydrogens is 435 g/mol. The predicted octanol–water partition coefficient (Wildman–Crippen LogP) is 6.34. The van der Waals surface area contributed by atoms with Gasteiger partial charge in [0.05, 0.1) is 11.1 Å². The Morgan fingerprint density at radius 2 is 1.46 bits per heavy atom. The molecule has 0 saturated heterocycles. The van der Waals surface area contributed by atoms with Crippen LogP contribution in [0, 0.1) is 0 Å². The van der Waals surface area contributed by atoms with Gasteiger partial charge in [0.25, 0.3) is 0 Å². The van der Waals surface area contributed by atoms with Gasteiger partial charge in [0, 0.05) is 4.47 Å². The summed E-state index contributed by atoms with van der Waals surface area (Å²) in [6.07, 6.45) is 0. The van der Waals surface area contributed by atoms with Gasteiger partial charge in [-0.3, -0.25) is 0 Å². The van der Waals surface area contributed by atoms with Crippen LogP contribution in [0.4, 0.5) is 0 Å². The number of hydrogen-bond donors (Lipinski definition) is 1. The highest BCUT2D eigenvalue weighted by Crippen LogP contribution is 2.42. The highest BCUT2D eigenvalue weighted by Gasteiger charge is 2.40. The molecule has 3 aromatic rings. The van der Waals surface area contributed by atoms with Crippen LogP contribution in [-0.4, -0.2) is 15.9 Å². The van der Waals surface area contributed by atoms with E-state index in [9.17, 15) is 5.21 Å². The van der Waals surface area contributed by atoms with Crippen LogP contribution in [0.3, 0.4) is 0 Å². The monoisotopic (exact) mass is 448 g/mol. The molecule has 1 atom stereocenters. The van der Waals surface area contributed by atoms with Crippen molar-refractivity contribution in [1.29, 1.82) is 0 Å². The predicted molar refractivity (Wildman–Crippen MR) is 110 cm³/mol. The number of pyridine rings is 1. The Morgan fingerprint density at radius 1 is 0.923 bits per heavy atom. The van der Waals surface area contributed by atoms with E-state index in [4.69, 9.17) is 23.2 Å². The Hall–Kier alpha value is -1.88. The molecule has 0 bridgehead atoms. The molecule has 0 radical (unpaired) electrons. The summed E-state index contributed by atoms with van der Waals surface area (Å²) >= 11 is 15.9. The quantitative estimate of drug-likeness (QED) is 0.218. The van der Waals surface area contributed by atoms with Gasteiger partial charge in [-0.1, -0.05) is 86.8 Å². The van der Waals surface area contributed by atoms with Crippen molar-refractivity contribution >= 4 is 44.8 Å². The molecule has 0 aliphatic heterocycles. The van der Waals surface area contributed by atoms with Crippen molar-refractivity contribution in [3.8, 4) is 0 Å². The summed E-state index contributed by atoms with van der Waals surface area (Å²) in [5.41, 5.74) is 2.24. The molecule has 26 heavy (non-hydrogen) atoms. The number of oxime groups is 1. The second-order valence-electron chi connectivity index (χ2n) is 5.81. The number of benzene rings is 2. The number of rotatable bonds is 4. The van der Waals surface area contributed by atoms with Crippen LogP contribution in [0.2, 0.25) is 10.3 Å². The van der Waals surface area contributed by atoms with Crippen LogP contribution in [0.1, 0.15) is 23.6 Å². The summed E-state index contributed by atoms with van der Waals surface area (Å²) in [5, 5.41) is 13.9. The number of nitrogens with zero attached hydrogens (tertiary/aromatic N) is 2. The van der Waals surface area contributed by atoms with E-state index in [1.165, 1.54) is 0 Å². The SMILES string of the molecule is CC(=NO)C(c1ccccc1)(c1ccc(Br)cc1)c1cc(Cl)nc(Cl)c1. The lowest BCUT2D eigenvalue weighted by Crippen LogP contribution is -2.37. The molecule has 1 heterocycles. The summed E-state index contributed by atoms with van der Waals surface area (Å²) in [4.78, 5) is 4.06. The average molecular weight is 450 g/mol. The molecule has 3 rings (SSSR count). The first-order valence-corrected chi connectivity index (χ1v) is 9.37. The van der Waals surface area contributed by atoms with E-state index in [1.54, 1.807) is 19.1 Å². The molecule has 1 N–H and O–H groups in total. The Balaban J connectivity index is 2.45. The normalized spacial score (nSPS) is 14.1. The van der Waals surface area contributed by atoms with Crippen LogP contribution in [0.25, 0.3) is 0 Å². The van der Waals surface area contributed by atoms with Crippen LogP contribution in [0.15, 0.2) is 76.4 Å². The third kappa shape index (κ3) is 3.37. The summed E-state index contributed by atoms with van der Waals surface area (Å²) in [6, 6.07) is 21.1. The van der Waals surface area contributed by atoms with Gasteiger partial charge in [-0.15, -0.1) is 0 Å². The highest BCUT2D eigenvalue weighted by molar-refractivity contribution is 9.10. The zero-order valence-electron chi connectivity index (χ0n) is 13.8. The maximum atomic E-state index is 9.74. The summed E-state index contributed by atoms with van der Waals surface area (Å²) in [5.74, 6) is 0. The average Bonchev–Trinajstić information content (AvgIpc) is 2.63. The van der Waals surface area contributed by atoms with E-state index in [-0.39, 0.29) is 10.3 Å². The fraction of sp³-hybridized carbons (Fsp3) is 0.100. The van der Waals surface area contributed by atoms with E-state index in [0.717, 1.165) is 21.2 Å². The third-order valence-electron chi connectivity index (χ3n) is 4.37. The number of hydrogen-bond acceptors (Lipinski definition) is 3. The van der Waals surface area contributed by atoms with Crippen molar-refractivity contribution in [2.24, 2.45) is 5.16 Å². The van der Waals surface area contributed by atoms with Gasteiger partial charge in [-0.05, 0) is 47.9 Å². The topological polar surface area (TPSA) is 45.5 Å². The molecule has 3 nitrogen and oxygen atoms in total. The molecule has 0 saturated carbocycles. The van der Waals surface area contributed by atoms with Crippen molar-refractivity contribution in [1.82, 2.24) is 4.98 Å². The summed E-state index contributed by atoms with van der Waals surface area (Å²) < 4.78 is 0.951. The highest BCUT2D eigenvalue weighted by atomic mass is 79.9. The molecular formula is C20H15BrCl2N2O. The van der Waals surface area contributed by atoms with E-state index in [0.29, 0.717) is 5.71 Å². The Bertz CT molecular complexity index is 926. The van der Waals surface area contributed by atoms with E-state index in [1.807, 2.05) is 54.6 Å². The van der Waals surface area contributed by atoms with E-state index < -0.39 is 5.41 Å². The minimum atomic E-state index is -0.868. The van der Waals surface area contributed by atoms with Gasteiger partial charge < -0.3 is 5.21 Å². The summed E-state index contributed by atoms with van der Waals surface area (Å²) in [7, 11) is 0. The lowest BCUT2D eigenvalue weighted by molar-refractivity contribution is 0.315. The Kier molecular flexibility index (Phi) is 5.66. The molecule has 1 aromatic heterocycles. The maximum absolute atomic E-state index is 9.74. The molecule has 2 aromatic carbocycles. The number of aromatic nitrogens is 1. The first kappa shape index (κ1) is 18.9. The Labute approximate surface area is 170 Å². The molecule has 0 fully saturated rings. The first-order valence-electron chi connectivity index (χ1n) is 7.82. The first-order chi connectivity index (χ1) is 12.5. The van der Waals surface area contributed by atoms with E-state index >= 15 is 0 Å². The number of halogens is 3. The zero-order valence-corrected chi connectivity index (χ0v) is 16.9. The standard InChI is InChI=1S/C20H15BrCl2N2O/c1-13(25-26)20(14-5-3-2-4-6-14,15-7-9-17(21)10-8-15)16-11-18(22)24-19(23)12-16/h2-12,26H,1H3. The van der Waals surface area contributed by atoms with Crippen LogP contribution in [0.5, 0.6) is 0 Å². The fourth-order valence-electron chi connectivity index (χ4n) is 3.27. The maximum Gasteiger partial charge on any atom is 0.131 e. The van der Waals surface area contributed by atoms with Gasteiger partial charge >= 0.3 is 0 Å². The summed E-state index contributed by atoms with van der Waals surface area (Å²) in [6.45, 7) is 1.78. The molecule has 1 unspecified atom stereocenters. The molecule has 6 heteroatoms. The fourth-order valence-corrected chi connectivity index (χ4v) is 4.00. The van der Waals surface area contributed by atoms with Gasteiger partial charge in [0.15, 0.2) is 0 Å². The van der Waals surface area contributed by atoms with Crippen molar-refractivity contribution in [2.45, 2.75) is 12.3 Å². The molecule has 132 valence electrons. The second kappa shape index (κ2) is 7.78. The van der Waals surface area contributed by atoms with Gasteiger partial charge in [-0.2, -0.15) is 0 Å². The molecule has 0 aliphatic carbocycles. The zero-order chi connectivity index (χ0) is 18.7. The largest absolute Gasteiger partial charge is 0.411 e. The third-order valence-corrected chi connectivity index (χ3v) is 5.29. The van der Waals surface area contributed by atoms with Crippen LogP contribution >= 0.6 is 39.1 Å². The minimum Gasteiger partial charge on any atom is -0.411 e. The van der Waals surface area contributed by atoms with E-state index in [2.05, 4.69) is 26.1 Å². The molecule has 0 amide bonds. The van der Waals surface area contributed by atoms with Crippen molar-refractivity contribution in [2.75, 3.05) is 0 Å². The van der Waals surface area contributed by atoms with Crippen LogP contribution in [-0.2, 0) is 5.41 Å². The van der Waals surface area contributed by atoms with Crippen molar-refractivity contribution in [3.05, 3.63) is 98.2 Å². The Morgan fingerprint density at radius 3 is 2.00 bits per heavy atom. The van der Waals surface area contributed by atoms with Gasteiger partial charge in [-0.25, -0.2) is 4.98 Å². The second-order valence-corrected chi connectivity index (χ2v) is 7.50. The van der Waals surface area contributed by atoms with Crippen molar-refractivity contribution in [3.63, 3.8) is 0 Å².